The lowest BCUT2D eigenvalue weighted by Crippen LogP contribution is -2.22. The van der Waals surface area contributed by atoms with E-state index in [2.05, 4.69) is 15.5 Å². The summed E-state index contributed by atoms with van der Waals surface area (Å²) in [4.78, 5) is 12.4. The first-order chi connectivity index (χ1) is 12.8. The summed E-state index contributed by atoms with van der Waals surface area (Å²) in [5.41, 5.74) is 1.87. The molecule has 0 bridgehead atoms. The first kappa shape index (κ1) is 18.7. The Morgan fingerprint density at radius 3 is 2.33 bits per heavy atom. The molecule has 3 aromatic rings. The van der Waals surface area contributed by atoms with Gasteiger partial charge in [-0.2, -0.15) is 0 Å². The van der Waals surface area contributed by atoms with Crippen LogP contribution < -0.4 is 5.32 Å². The molecule has 0 saturated carbocycles. The number of carbonyl (C=O) groups is 1. The number of aryl methyl sites for hydroxylation is 1. The van der Waals surface area contributed by atoms with Gasteiger partial charge in [0.1, 0.15) is 0 Å². The van der Waals surface area contributed by atoms with Crippen molar-refractivity contribution in [2.75, 3.05) is 19.4 Å². The Hall–Kier alpha value is -3.04. The van der Waals surface area contributed by atoms with Crippen LogP contribution in [0.15, 0.2) is 57.8 Å². The van der Waals surface area contributed by atoms with Crippen LogP contribution in [0.25, 0.3) is 11.5 Å². The largest absolute Gasteiger partial charge is 0.403 e. The van der Waals surface area contributed by atoms with Crippen molar-refractivity contribution in [1.29, 1.82) is 0 Å². The fraction of sp³-hybridized carbons (Fsp3) is 0.167. The molecule has 0 fully saturated rings. The number of hydrogen-bond acceptors (Lipinski definition) is 6. The third kappa shape index (κ3) is 3.88. The van der Waals surface area contributed by atoms with Gasteiger partial charge in [0.25, 0.3) is 5.91 Å². The minimum Gasteiger partial charge on any atom is -0.403 e. The standard InChI is InChI=1S/C18H18N4O4S/c1-12-6-4-5-7-15(12)16(23)19-18-21-20-17(26-18)13-8-10-14(11-9-13)27(24,25)22(2)3/h4-11H,1-3H3,(H,19,21,23). The maximum absolute atomic E-state index is 12.3. The topological polar surface area (TPSA) is 105 Å². The number of benzene rings is 2. The van der Waals surface area contributed by atoms with Gasteiger partial charge in [-0.1, -0.05) is 23.3 Å². The Labute approximate surface area is 156 Å². The third-order valence-electron chi connectivity index (χ3n) is 3.91. The lowest BCUT2D eigenvalue weighted by molar-refractivity contribution is 0.102. The van der Waals surface area contributed by atoms with E-state index in [1.165, 1.54) is 26.2 Å². The average Bonchev–Trinajstić information content (AvgIpc) is 3.10. The van der Waals surface area contributed by atoms with E-state index >= 15 is 0 Å². The summed E-state index contributed by atoms with van der Waals surface area (Å²) in [5, 5.41) is 10.3. The van der Waals surface area contributed by atoms with Crippen molar-refractivity contribution in [3.63, 3.8) is 0 Å². The van der Waals surface area contributed by atoms with Gasteiger partial charge in [-0.15, -0.1) is 5.10 Å². The summed E-state index contributed by atoms with van der Waals surface area (Å²) in [5.74, 6) is -0.181. The molecule has 27 heavy (non-hydrogen) atoms. The first-order valence-corrected chi connectivity index (χ1v) is 9.46. The minimum atomic E-state index is -3.51. The van der Waals surface area contributed by atoms with E-state index in [1.807, 2.05) is 19.1 Å². The maximum Gasteiger partial charge on any atom is 0.322 e. The van der Waals surface area contributed by atoms with Crippen LogP contribution in [-0.4, -0.2) is 42.9 Å². The van der Waals surface area contributed by atoms with E-state index in [1.54, 1.807) is 24.3 Å². The highest BCUT2D eigenvalue weighted by Gasteiger charge is 2.18. The second kappa shape index (κ2) is 7.29. The summed E-state index contributed by atoms with van der Waals surface area (Å²) in [7, 11) is -0.586. The highest BCUT2D eigenvalue weighted by Crippen LogP contribution is 2.23. The summed E-state index contributed by atoms with van der Waals surface area (Å²) >= 11 is 0. The molecular formula is C18H18N4O4S. The summed E-state index contributed by atoms with van der Waals surface area (Å²) in [6, 6.07) is 13.2. The molecule has 140 valence electrons. The van der Waals surface area contributed by atoms with Gasteiger partial charge in [0, 0.05) is 25.2 Å². The van der Waals surface area contributed by atoms with Gasteiger partial charge >= 0.3 is 6.01 Å². The molecular weight excluding hydrogens is 368 g/mol. The van der Waals surface area contributed by atoms with E-state index < -0.39 is 10.0 Å². The first-order valence-electron chi connectivity index (χ1n) is 8.02. The van der Waals surface area contributed by atoms with Crippen LogP contribution >= 0.6 is 0 Å². The molecule has 0 unspecified atom stereocenters. The number of anilines is 1. The lowest BCUT2D eigenvalue weighted by atomic mass is 10.1. The zero-order valence-corrected chi connectivity index (χ0v) is 15.8. The molecule has 0 spiro atoms. The van der Waals surface area contributed by atoms with Crippen molar-refractivity contribution >= 4 is 21.9 Å². The van der Waals surface area contributed by atoms with E-state index in [-0.39, 0.29) is 22.7 Å². The summed E-state index contributed by atoms with van der Waals surface area (Å²) in [6.07, 6.45) is 0. The number of sulfonamides is 1. The van der Waals surface area contributed by atoms with Crippen molar-refractivity contribution in [1.82, 2.24) is 14.5 Å². The van der Waals surface area contributed by atoms with Crippen LogP contribution in [0.4, 0.5) is 6.01 Å². The summed E-state index contributed by atoms with van der Waals surface area (Å²) < 4.78 is 30.8. The summed E-state index contributed by atoms with van der Waals surface area (Å²) in [6.45, 7) is 1.83. The van der Waals surface area contributed by atoms with Crippen molar-refractivity contribution in [3.8, 4) is 11.5 Å². The predicted molar refractivity (Wildman–Crippen MR) is 99.7 cm³/mol. The second-order valence-electron chi connectivity index (χ2n) is 5.99. The van der Waals surface area contributed by atoms with Gasteiger partial charge in [0.15, 0.2) is 0 Å². The number of nitrogens with zero attached hydrogens (tertiary/aromatic N) is 3. The smallest absolute Gasteiger partial charge is 0.322 e. The molecule has 1 N–H and O–H groups in total. The normalized spacial score (nSPS) is 11.6. The Bertz CT molecular complexity index is 1070. The zero-order valence-electron chi connectivity index (χ0n) is 15.0. The predicted octanol–water partition coefficient (Wildman–Crippen LogP) is 2.55. The number of rotatable bonds is 5. The third-order valence-corrected chi connectivity index (χ3v) is 5.74. The molecule has 2 aromatic carbocycles. The molecule has 0 saturated heterocycles. The minimum absolute atomic E-state index is 0.0387. The number of carbonyl (C=O) groups excluding carboxylic acids is 1. The molecule has 0 aliphatic rings. The van der Waals surface area contributed by atoms with E-state index in [0.29, 0.717) is 11.1 Å². The Morgan fingerprint density at radius 2 is 1.70 bits per heavy atom. The Morgan fingerprint density at radius 1 is 1.04 bits per heavy atom. The Kier molecular flexibility index (Phi) is 5.06. The van der Waals surface area contributed by atoms with Gasteiger partial charge < -0.3 is 4.42 Å². The molecule has 1 amide bonds. The molecule has 0 atom stereocenters. The van der Waals surface area contributed by atoms with E-state index in [9.17, 15) is 13.2 Å². The second-order valence-corrected chi connectivity index (χ2v) is 8.15. The highest BCUT2D eigenvalue weighted by molar-refractivity contribution is 7.89. The van der Waals surface area contributed by atoms with Crippen molar-refractivity contribution in [3.05, 3.63) is 59.7 Å². The molecule has 1 heterocycles. The molecule has 9 heteroatoms. The SMILES string of the molecule is Cc1ccccc1C(=O)Nc1nnc(-c2ccc(S(=O)(=O)N(C)C)cc2)o1. The van der Waals surface area contributed by atoms with E-state index in [4.69, 9.17) is 4.42 Å². The molecule has 1 aromatic heterocycles. The van der Waals surface area contributed by atoms with Crippen molar-refractivity contribution < 1.29 is 17.6 Å². The number of hydrogen-bond donors (Lipinski definition) is 1. The fourth-order valence-electron chi connectivity index (χ4n) is 2.36. The van der Waals surface area contributed by atoms with E-state index in [0.717, 1.165) is 9.87 Å². The average molecular weight is 386 g/mol. The maximum atomic E-state index is 12.3. The quantitative estimate of drug-likeness (QED) is 0.722. The monoisotopic (exact) mass is 386 g/mol. The van der Waals surface area contributed by atoms with Gasteiger partial charge in [-0.3, -0.25) is 10.1 Å². The van der Waals surface area contributed by atoms with Crippen LogP contribution in [0.1, 0.15) is 15.9 Å². The van der Waals surface area contributed by atoms with Crippen molar-refractivity contribution in [2.45, 2.75) is 11.8 Å². The number of amides is 1. The molecule has 0 aliphatic carbocycles. The van der Waals surface area contributed by atoms with Crippen LogP contribution in [0, 0.1) is 6.92 Å². The lowest BCUT2D eigenvalue weighted by Gasteiger charge is -2.11. The van der Waals surface area contributed by atoms with Crippen LogP contribution in [0.2, 0.25) is 0 Å². The van der Waals surface area contributed by atoms with Crippen LogP contribution in [0.5, 0.6) is 0 Å². The van der Waals surface area contributed by atoms with Crippen LogP contribution in [0.3, 0.4) is 0 Å². The van der Waals surface area contributed by atoms with Gasteiger partial charge in [-0.25, -0.2) is 12.7 Å². The zero-order chi connectivity index (χ0) is 19.6. The number of nitrogens with one attached hydrogen (secondary N) is 1. The van der Waals surface area contributed by atoms with Crippen LogP contribution in [-0.2, 0) is 10.0 Å². The number of aromatic nitrogens is 2. The molecule has 8 nitrogen and oxygen atoms in total. The fourth-order valence-corrected chi connectivity index (χ4v) is 3.26. The van der Waals surface area contributed by atoms with Gasteiger partial charge in [0.05, 0.1) is 4.90 Å². The van der Waals surface area contributed by atoms with Gasteiger partial charge in [-0.05, 0) is 42.8 Å². The Balaban J connectivity index is 1.78. The highest BCUT2D eigenvalue weighted by atomic mass is 32.2. The molecule has 0 radical (unpaired) electrons. The molecule has 3 rings (SSSR count). The van der Waals surface area contributed by atoms with Crippen molar-refractivity contribution in [2.24, 2.45) is 0 Å². The van der Waals surface area contributed by atoms with Gasteiger partial charge in [0.2, 0.25) is 15.9 Å². The molecule has 0 aliphatic heterocycles.